The molecule has 0 aliphatic rings. The monoisotopic (exact) mass is 134 g/mol. The lowest BCUT2D eigenvalue weighted by Gasteiger charge is -1.86. The van der Waals surface area contributed by atoms with E-state index in [1.165, 1.54) is 0 Å². The Morgan fingerprint density at radius 2 is 2.38 bits per heavy atom. The molecule has 0 heterocycles. The molecule has 0 bridgehead atoms. The largest absolute Gasteiger partial charge is 0.463 e. The standard InChI is InChI=1S/C3H6N2O2S/c1-8-2(4)5-3(6)7/h1H3,(H2,4,5)(H,6,7). The summed E-state index contributed by atoms with van der Waals surface area (Å²) >= 11 is 1.10. The van der Waals surface area contributed by atoms with Gasteiger partial charge >= 0.3 is 6.09 Å². The highest BCUT2D eigenvalue weighted by atomic mass is 32.2. The van der Waals surface area contributed by atoms with Crippen molar-refractivity contribution in [2.75, 3.05) is 6.26 Å². The van der Waals surface area contributed by atoms with Gasteiger partial charge in [0.25, 0.3) is 0 Å². The Hall–Kier alpha value is -0.710. The topological polar surface area (TPSA) is 75.7 Å². The first-order valence-electron chi connectivity index (χ1n) is 1.78. The molecule has 3 N–H and O–H groups in total. The Balaban J connectivity index is 3.75. The third-order valence-corrected chi connectivity index (χ3v) is 0.925. The number of hydrogen-bond acceptors (Lipinski definition) is 2. The van der Waals surface area contributed by atoms with E-state index in [9.17, 15) is 4.79 Å². The highest BCUT2D eigenvalue weighted by Crippen LogP contribution is 1.89. The van der Waals surface area contributed by atoms with Gasteiger partial charge in [0.15, 0.2) is 5.17 Å². The molecule has 0 radical (unpaired) electrons. The summed E-state index contributed by atoms with van der Waals surface area (Å²) in [5, 5.41) is 8.00. The van der Waals surface area contributed by atoms with Crippen LogP contribution in [0.5, 0.6) is 0 Å². The van der Waals surface area contributed by atoms with E-state index >= 15 is 0 Å². The zero-order valence-electron chi connectivity index (χ0n) is 4.29. The molecule has 46 valence electrons. The number of rotatable bonds is 0. The van der Waals surface area contributed by atoms with Crippen molar-refractivity contribution in [3.63, 3.8) is 0 Å². The lowest BCUT2D eigenvalue weighted by Crippen LogP contribution is -2.07. The Labute approximate surface area is 50.8 Å². The lowest BCUT2D eigenvalue weighted by atomic mass is 11.1. The molecule has 0 aromatic carbocycles. The molecule has 0 aliphatic heterocycles. The third kappa shape index (κ3) is 3.48. The van der Waals surface area contributed by atoms with E-state index in [-0.39, 0.29) is 5.17 Å². The summed E-state index contributed by atoms with van der Waals surface area (Å²) < 4.78 is 0. The molecule has 8 heavy (non-hydrogen) atoms. The molecule has 0 rings (SSSR count). The Bertz CT molecular complexity index is 122. The van der Waals surface area contributed by atoms with Crippen molar-refractivity contribution in [3.05, 3.63) is 0 Å². The van der Waals surface area contributed by atoms with Gasteiger partial charge in [0, 0.05) is 0 Å². The van der Waals surface area contributed by atoms with Crippen molar-refractivity contribution in [1.82, 2.24) is 0 Å². The predicted octanol–water partition coefficient (Wildman–Crippen LogP) is 0.342. The number of carbonyl (C=O) groups is 1. The zero-order chi connectivity index (χ0) is 6.57. The second kappa shape index (κ2) is 3.31. The van der Waals surface area contributed by atoms with E-state index in [1.807, 2.05) is 0 Å². The maximum Gasteiger partial charge on any atom is 0.433 e. The second-order valence-electron chi connectivity index (χ2n) is 0.937. The van der Waals surface area contributed by atoms with E-state index in [0.29, 0.717) is 0 Å². The van der Waals surface area contributed by atoms with Crippen LogP contribution in [0.15, 0.2) is 4.99 Å². The average Bonchev–Trinajstić information content (AvgIpc) is 1.65. The highest BCUT2D eigenvalue weighted by Gasteiger charge is 1.90. The molecule has 0 fully saturated rings. The zero-order valence-corrected chi connectivity index (χ0v) is 5.10. The van der Waals surface area contributed by atoms with Crippen molar-refractivity contribution in [3.8, 4) is 0 Å². The fourth-order valence-electron chi connectivity index (χ4n) is 0.140. The van der Waals surface area contributed by atoms with Crippen molar-refractivity contribution >= 4 is 23.0 Å². The number of thioether (sulfide) groups is 1. The molecule has 0 saturated heterocycles. The van der Waals surface area contributed by atoms with Gasteiger partial charge in [-0.05, 0) is 6.26 Å². The Morgan fingerprint density at radius 3 is 2.50 bits per heavy atom. The van der Waals surface area contributed by atoms with Crippen LogP contribution in [0.2, 0.25) is 0 Å². The Kier molecular flexibility index (Phi) is 3.02. The predicted molar refractivity (Wildman–Crippen MR) is 33.2 cm³/mol. The normalized spacial score (nSPS) is 11.4. The molecule has 1 amide bonds. The van der Waals surface area contributed by atoms with Gasteiger partial charge < -0.3 is 10.8 Å². The van der Waals surface area contributed by atoms with E-state index in [0.717, 1.165) is 11.8 Å². The van der Waals surface area contributed by atoms with Gasteiger partial charge in [-0.2, -0.15) is 4.99 Å². The number of nitrogens with zero attached hydrogens (tertiary/aromatic N) is 1. The van der Waals surface area contributed by atoms with Gasteiger partial charge in [-0.25, -0.2) is 4.79 Å². The number of amidine groups is 1. The van der Waals surface area contributed by atoms with Gasteiger partial charge in [-0.3, -0.25) is 0 Å². The minimum absolute atomic E-state index is 0.0671. The first kappa shape index (κ1) is 7.29. The number of amides is 1. The molecular formula is C3H6N2O2S. The van der Waals surface area contributed by atoms with E-state index in [1.54, 1.807) is 6.26 Å². The average molecular weight is 134 g/mol. The summed E-state index contributed by atoms with van der Waals surface area (Å²) in [6, 6.07) is 0. The smallest absolute Gasteiger partial charge is 0.433 e. The quantitative estimate of drug-likeness (QED) is 0.370. The summed E-state index contributed by atoms with van der Waals surface area (Å²) in [6.45, 7) is 0. The second-order valence-corrected chi connectivity index (χ2v) is 1.76. The SMILES string of the molecule is CS/C(N)=N\C(=O)O. The van der Waals surface area contributed by atoms with Crippen molar-refractivity contribution in [2.24, 2.45) is 10.7 Å². The van der Waals surface area contributed by atoms with Gasteiger partial charge in [-0.1, -0.05) is 11.8 Å². The van der Waals surface area contributed by atoms with Crippen LogP contribution in [0.3, 0.4) is 0 Å². The number of aliphatic imine (C=N–C) groups is 1. The van der Waals surface area contributed by atoms with Gasteiger partial charge in [0.1, 0.15) is 0 Å². The molecule has 0 aromatic heterocycles. The Morgan fingerprint density at radius 1 is 1.88 bits per heavy atom. The fourth-order valence-corrected chi connectivity index (χ4v) is 0.309. The lowest BCUT2D eigenvalue weighted by molar-refractivity contribution is 0.206. The van der Waals surface area contributed by atoms with E-state index < -0.39 is 6.09 Å². The third-order valence-electron chi connectivity index (χ3n) is 0.415. The number of hydrogen-bond donors (Lipinski definition) is 2. The molecule has 0 aromatic rings. The summed E-state index contributed by atoms with van der Waals surface area (Å²) in [4.78, 5) is 12.7. The van der Waals surface area contributed by atoms with Crippen molar-refractivity contribution < 1.29 is 9.90 Å². The van der Waals surface area contributed by atoms with Crippen LogP contribution in [0.1, 0.15) is 0 Å². The van der Waals surface area contributed by atoms with E-state index in [2.05, 4.69) is 4.99 Å². The molecule has 0 spiro atoms. The van der Waals surface area contributed by atoms with Crippen LogP contribution < -0.4 is 5.73 Å². The molecule has 4 nitrogen and oxygen atoms in total. The molecule has 0 atom stereocenters. The van der Waals surface area contributed by atoms with Crippen LogP contribution in [0, 0.1) is 0 Å². The summed E-state index contributed by atoms with van der Waals surface area (Å²) in [7, 11) is 0. The molecular weight excluding hydrogens is 128 g/mol. The van der Waals surface area contributed by atoms with E-state index in [4.69, 9.17) is 10.8 Å². The summed E-state index contributed by atoms with van der Waals surface area (Å²) in [5.74, 6) is 0. The van der Waals surface area contributed by atoms with Gasteiger partial charge in [-0.15, -0.1) is 0 Å². The molecule has 0 saturated carbocycles. The number of nitrogens with two attached hydrogens (primary N) is 1. The van der Waals surface area contributed by atoms with Crippen LogP contribution >= 0.6 is 11.8 Å². The van der Waals surface area contributed by atoms with Crippen molar-refractivity contribution in [2.45, 2.75) is 0 Å². The van der Waals surface area contributed by atoms with Crippen LogP contribution in [0.25, 0.3) is 0 Å². The fraction of sp³-hybridized carbons (Fsp3) is 0.333. The van der Waals surface area contributed by atoms with Crippen LogP contribution in [-0.4, -0.2) is 22.6 Å². The first-order chi connectivity index (χ1) is 3.66. The minimum atomic E-state index is -1.25. The van der Waals surface area contributed by atoms with Crippen LogP contribution in [0.4, 0.5) is 4.79 Å². The summed E-state index contributed by atoms with van der Waals surface area (Å²) in [5.41, 5.74) is 5.01. The molecule has 0 aliphatic carbocycles. The highest BCUT2D eigenvalue weighted by molar-refractivity contribution is 8.13. The first-order valence-corrected chi connectivity index (χ1v) is 3.00. The molecule has 0 unspecified atom stereocenters. The minimum Gasteiger partial charge on any atom is -0.463 e. The van der Waals surface area contributed by atoms with Gasteiger partial charge in [0.05, 0.1) is 0 Å². The van der Waals surface area contributed by atoms with Gasteiger partial charge in [0.2, 0.25) is 0 Å². The molecule has 5 heteroatoms. The van der Waals surface area contributed by atoms with Crippen LogP contribution in [-0.2, 0) is 0 Å². The van der Waals surface area contributed by atoms with Crippen molar-refractivity contribution in [1.29, 1.82) is 0 Å². The summed E-state index contributed by atoms with van der Waals surface area (Å²) in [6.07, 6.45) is 0.402. The maximum atomic E-state index is 9.69. The number of carboxylic acid groups (broad SMARTS) is 1. The maximum absolute atomic E-state index is 9.69.